The Morgan fingerprint density at radius 2 is 2.20 bits per heavy atom. The summed E-state index contributed by atoms with van der Waals surface area (Å²) in [4.78, 5) is 4.30. The maximum Gasteiger partial charge on any atom is 0.147 e. The highest BCUT2D eigenvalue weighted by atomic mass is 15.3. The Labute approximate surface area is 91.1 Å². The molecule has 0 saturated heterocycles. The van der Waals surface area contributed by atoms with Crippen LogP contribution in [0.1, 0.15) is 31.4 Å². The Kier molecular flexibility index (Phi) is 3.05. The van der Waals surface area contributed by atoms with E-state index < -0.39 is 0 Å². The van der Waals surface area contributed by atoms with E-state index in [1.165, 1.54) is 12.8 Å². The first kappa shape index (κ1) is 10.6. The van der Waals surface area contributed by atoms with Crippen molar-refractivity contribution in [3.63, 3.8) is 0 Å². The molecule has 84 valence electrons. The van der Waals surface area contributed by atoms with Gasteiger partial charge in [-0.05, 0) is 39.2 Å². The van der Waals surface area contributed by atoms with Crippen LogP contribution in [0.5, 0.6) is 0 Å². The number of rotatable bonds is 5. The lowest BCUT2D eigenvalue weighted by Crippen LogP contribution is -2.26. The zero-order valence-corrected chi connectivity index (χ0v) is 9.82. The first-order chi connectivity index (χ1) is 7.15. The minimum Gasteiger partial charge on any atom is -0.314 e. The second kappa shape index (κ2) is 4.31. The molecule has 4 nitrogen and oxygen atoms in total. The fourth-order valence-corrected chi connectivity index (χ4v) is 1.75. The van der Waals surface area contributed by atoms with Crippen molar-refractivity contribution in [2.24, 2.45) is 5.92 Å². The topological polar surface area (TPSA) is 42.7 Å². The monoisotopic (exact) mass is 208 g/mol. The van der Waals surface area contributed by atoms with Gasteiger partial charge in [0.25, 0.3) is 0 Å². The highest BCUT2D eigenvalue weighted by molar-refractivity contribution is 4.88. The van der Waals surface area contributed by atoms with Gasteiger partial charge in [0, 0.05) is 12.6 Å². The predicted molar refractivity (Wildman–Crippen MR) is 59.7 cm³/mol. The van der Waals surface area contributed by atoms with Gasteiger partial charge in [-0.25, -0.2) is 9.67 Å². The van der Waals surface area contributed by atoms with E-state index in [1.807, 2.05) is 18.5 Å². The molecule has 0 amide bonds. The van der Waals surface area contributed by atoms with E-state index in [9.17, 15) is 0 Å². The van der Waals surface area contributed by atoms with Crippen molar-refractivity contribution in [1.82, 2.24) is 20.1 Å². The largest absolute Gasteiger partial charge is 0.314 e. The molecule has 4 heteroatoms. The predicted octanol–water partition coefficient (Wildman–Crippen LogP) is 1.28. The van der Waals surface area contributed by atoms with Crippen LogP contribution in [-0.2, 0) is 6.54 Å². The number of nitrogens with one attached hydrogen (secondary N) is 1. The van der Waals surface area contributed by atoms with Gasteiger partial charge in [0.05, 0.1) is 0 Å². The molecule has 1 fully saturated rings. The summed E-state index contributed by atoms with van der Waals surface area (Å²) >= 11 is 0. The SMILES string of the molecule is Cc1nc(C)n(CC(C)CNC2CC2)n1. The molecule has 0 aliphatic heterocycles. The van der Waals surface area contributed by atoms with Crippen LogP contribution in [-0.4, -0.2) is 27.4 Å². The molecule has 1 aliphatic rings. The molecule has 1 aromatic rings. The highest BCUT2D eigenvalue weighted by Gasteiger charge is 2.21. The van der Waals surface area contributed by atoms with Crippen LogP contribution in [0.15, 0.2) is 0 Å². The van der Waals surface area contributed by atoms with Gasteiger partial charge in [-0.2, -0.15) is 5.10 Å². The summed E-state index contributed by atoms with van der Waals surface area (Å²) in [5.74, 6) is 2.51. The molecule has 1 N–H and O–H groups in total. The summed E-state index contributed by atoms with van der Waals surface area (Å²) < 4.78 is 2.01. The second-order valence-electron chi connectivity index (χ2n) is 4.68. The summed E-state index contributed by atoms with van der Waals surface area (Å²) in [6, 6.07) is 0.797. The minimum atomic E-state index is 0.616. The fourth-order valence-electron chi connectivity index (χ4n) is 1.75. The molecule has 1 aliphatic carbocycles. The summed E-state index contributed by atoms with van der Waals surface area (Å²) in [6.45, 7) is 8.26. The Balaban J connectivity index is 1.81. The number of hydrogen-bond acceptors (Lipinski definition) is 3. The van der Waals surface area contributed by atoms with Gasteiger partial charge >= 0.3 is 0 Å². The van der Waals surface area contributed by atoms with Gasteiger partial charge in [0.15, 0.2) is 0 Å². The van der Waals surface area contributed by atoms with E-state index in [0.29, 0.717) is 5.92 Å². The Morgan fingerprint density at radius 1 is 1.47 bits per heavy atom. The molecule has 1 atom stereocenters. The van der Waals surface area contributed by atoms with Crippen molar-refractivity contribution in [1.29, 1.82) is 0 Å². The zero-order chi connectivity index (χ0) is 10.8. The molecule has 0 aromatic carbocycles. The third kappa shape index (κ3) is 3.02. The molecule has 0 bridgehead atoms. The fraction of sp³-hybridized carbons (Fsp3) is 0.818. The first-order valence-electron chi connectivity index (χ1n) is 5.76. The van der Waals surface area contributed by atoms with Gasteiger partial charge in [-0.1, -0.05) is 6.92 Å². The van der Waals surface area contributed by atoms with E-state index in [4.69, 9.17) is 0 Å². The molecule has 15 heavy (non-hydrogen) atoms. The van der Waals surface area contributed by atoms with E-state index in [-0.39, 0.29) is 0 Å². The van der Waals surface area contributed by atoms with E-state index >= 15 is 0 Å². The van der Waals surface area contributed by atoms with Crippen LogP contribution >= 0.6 is 0 Å². The number of aryl methyl sites for hydroxylation is 2. The lowest BCUT2D eigenvalue weighted by Gasteiger charge is -2.12. The van der Waals surface area contributed by atoms with Crippen LogP contribution in [0.3, 0.4) is 0 Å². The Bertz CT molecular complexity index is 327. The number of aromatic nitrogens is 3. The van der Waals surface area contributed by atoms with Crippen molar-refractivity contribution in [3.05, 3.63) is 11.6 Å². The molecule has 1 unspecified atom stereocenters. The third-order valence-corrected chi connectivity index (χ3v) is 2.78. The van der Waals surface area contributed by atoms with Crippen molar-refractivity contribution in [3.8, 4) is 0 Å². The van der Waals surface area contributed by atoms with E-state index in [2.05, 4.69) is 22.3 Å². The molecule has 1 heterocycles. The molecule has 0 radical (unpaired) electrons. The first-order valence-corrected chi connectivity index (χ1v) is 5.76. The van der Waals surface area contributed by atoms with Crippen molar-refractivity contribution >= 4 is 0 Å². The lowest BCUT2D eigenvalue weighted by molar-refractivity contribution is 0.414. The van der Waals surface area contributed by atoms with Crippen LogP contribution in [0.25, 0.3) is 0 Å². The second-order valence-corrected chi connectivity index (χ2v) is 4.68. The molecule has 1 saturated carbocycles. The van der Waals surface area contributed by atoms with Crippen molar-refractivity contribution in [2.45, 2.75) is 46.2 Å². The Morgan fingerprint density at radius 3 is 2.73 bits per heavy atom. The smallest absolute Gasteiger partial charge is 0.147 e. The van der Waals surface area contributed by atoms with Gasteiger partial charge in [-0.3, -0.25) is 0 Å². The van der Waals surface area contributed by atoms with Crippen LogP contribution < -0.4 is 5.32 Å². The molecule has 1 aromatic heterocycles. The summed E-state index contributed by atoms with van der Waals surface area (Å²) in [6.07, 6.45) is 2.71. The van der Waals surface area contributed by atoms with Gasteiger partial charge in [0.2, 0.25) is 0 Å². The molecule has 2 rings (SSSR count). The maximum atomic E-state index is 4.37. The van der Waals surface area contributed by atoms with E-state index in [0.717, 1.165) is 30.8 Å². The van der Waals surface area contributed by atoms with Crippen LogP contribution in [0, 0.1) is 19.8 Å². The summed E-state index contributed by atoms with van der Waals surface area (Å²) in [5, 5.41) is 7.91. The minimum absolute atomic E-state index is 0.616. The third-order valence-electron chi connectivity index (χ3n) is 2.78. The van der Waals surface area contributed by atoms with Gasteiger partial charge in [-0.15, -0.1) is 0 Å². The molecule has 0 spiro atoms. The lowest BCUT2D eigenvalue weighted by atomic mass is 10.2. The van der Waals surface area contributed by atoms with Gasteiger partial charge in [0.1, 0.15) is 11.6 Å². The Hall–Kier alpha value is -0.900. The molecular weight excluding hydrogens is 188 g/mol. The average molecular weight is 208 g/mol. The van der Waals surface area contributed by atoms with Gasteiger partial charge < -0.3 is 5.32 Å². The van der Waals surface area contributed by atoms with Crippen molar-refractivity contribution < 1.29 is 0 Å². The standard InChI is InChI=1S/C11H20N4/c1-8(6-12-11-4-5-11)7-15-10(3)13-9(2)14-15/h8,11-12H,4-7H2,1-3H3. The highest BCUT2D eigenvalue weighted by Crippen LogP contribution is 2.18. The van der Waals surface area contributed by atoms with E-state index in [1.54, 1.807) is 0 Å². The van der Waals surface area contributed by atoms with Crippen LogP contribution in [0.2, 0.25) is 0 Å². The van der Waals surface area contributed by atoms with Crippen molar-refractivity contribution in [2.75, 3.05) is 6.54 Å². The molecular formula is C11H20N4. The maximum absolute atomic E-state index is 4.37. The number of nitrogens with zero attached hydrogens (tertiary/aromatic N) is 3. The number of hydrogen-bond donors (Lipinski definition) is 1. The van der Waals surface area contributed by atoms with Crippen LogP contribution in [0.4, 0.5) is 0 Å². The zero-order valence-electron chi connectivity index (χ0n) is 9.82. The summed E-state index contributed by atoms with van der Waals surface area (Å²) in [7, 11) is 0. The quantitative estimate of drug-likeness (QED) is 0.792. The normalized spacial score (nSPS) is 18.1. The summed E-state index contributed by atoms with van der Waals surface area (Å²) in [5.41, 5.74) is 0. The average Bonchev–Trinajstić information content (AvgIpc) is 2.92.